The van der Waals surface area contributed by atoms with Crippen LogP contribution in [0.25, 0.3) is 0 Å². The first-order chi connectivity index (χ1) is 9.90. The molecule has 1 aliphatic carbocycles. The number of sulfone groups is 1. The number of hydrogen-bond donors (Lipinski definition) is 1. The van der Waals surface area contributed by atoms with Crippen LogP contribution in [0.3, 0.4) is 0 Å². The second-order valence-corrected chi connectivity index (χ2v) is 9.36. The molecule has 0 heterocycles. The van der Waals surface area contributed by atoms with Crippen molar-refractivity contribution in [2.75, 3.05) is 6.26 Å². The smallest absolute Gasteiger partial charge is 0.175 e. The van der Waals surface area contributed by atoms with Crippen LogP contribution in [0.4, 0.5) is 0 Å². The van der Waals surface area contributed by atoms with Gasteiger partial charge in [0.15, 0.2) is 9.84 Å². The minimum atomic E-state index is -3.11. The van der Waals surface area contributed by atoms with E-state index in [4.69, 9.17) is 5.73 Å². The van der Waals surface area contributed by atoms with Crippen molar-refractivity contribution in [2.45, 2.75) is 60.1 Å². The lowest BCUT2D eigenvalue weighted by Gasteiger charge is -2.33. The molecule has 0 aliphatic heterocycles. The van der Waals surface area contributed by atoms with Crippen LogP contribution in [0.5, 0.6) is 0 Å². The highest BCUT2D eigenvalue weighted by Gasteiger charge is 2.28. The zero-order chi connectivity index (χ0) is 15.5. The van der Waals surface area contributed by atoms with Gasteiger partial charge in [0.25, 0.3) is 0 Å². The summed E-state index contributed by atoms with van der Waals surface area (Å²) >= 11 is 1.80. The fourth-order valence-electron chi connectivity index (χ4n) is 2.98. The van der Waals surface area contributed by atoms with E-state index in [1.54, 1.807) is 23.9 Å². The first-order valence-corrected chi connectivity index (χ1v) is 10.4. The summed E-state index contributed by atoms with van der Waals surface area (Å²) < 4.78 is 22.9. The molecule has 3 unspecified atom stereocenters. The molecule has 3 nitrogen and oxygen atoms in total. The molecule has 0 saturated heterocycles. The van der Waals surface area contributed by atoms with E-state index in [2.05, 4.69) is 6.92 Å². The van der Waals surface area contributed by atoms with Gasteiger partial charge in [-0.15, -0.1) is 11.8 Å². The summed E-state index contributed by atoms with van der Waals surface area (Å²) in [5.74, 6) is 0.794. The lowest BCUT2D eigenvalue weighted by atomic mass is 9.83. The van der Waals surface area contributed by atoms with E-state index in [1.807, 2.05) is 12.1 Å². The Kier molecular flexibility index (Phi) is 5.74. The van der Waals surface area contributed by atoms with Crippen molar-refractivity contribution in [3.05, 3.63) is 24.3 Å². The van der Waals surface area contributed by atoms with Crippen molar-refractivity contribution in [3.8, 4) is 0 Å². The average molecular weight is 328 g/mol. The first kappa shape index (κ1) is 16.8. The van der Waals surface area contributed by atoms with Gasteiger partial charge in [-0.1, -0.05) is 19.8 Å². The Hall–Kier alpha value is -0.520. The van der Waals surface area contributed by atoms with Gasteiger partial charge in [0, 0.05) is 22.4 Å². The highest BCUT2D eigenvalue weighted by atomic mass is 32.2. The molecule has 118 valence electrons. The molecule has 1 aliphatic rings. The van der Waals surface area contributed by atoms with Gasteiger partial charge in [-0.2, -0.15) is 0 Å². The molecule has 1 aromatic carbocycles. The summed E-state index contributed by atoms with van der Waals surface area (Å²) in [5.41, 5.74) is 6.27. The van der Waals surface area contributed by atoms with Crippen molar-refractivity contribution >= 4 is 21.6 Å². The summed E-state index contributed by atoms with van der Waals surface area (Å²) in [4.78, 5) is 1.49. The Bertz CT molecular complexity index is 554. The van der Waals surface area contributed by atoms with Crippen molar-refractivity contribution in [1.82, 2.24) is 0 Å². The number of benzene rings is 1. The Morgan fingerprint density at radius 2 is 1.90 bits per heavy atom. The molecule has 3 atom stereocenters. The minimum Gasteiger partial charge on any atom is -0.327 e. The van der Waals surface area contributed by atoms with Crippen LogP contribution in [0.2, 0.25) is 0 Å². The van der Waals surface area contributed by atoms with E-state index < -0.39 is 9.84 Å². The second-order valence-electron chi connectivity index (χ2n) is 6.03. The van der Waals surface area contributed by atoms with Crippen LogP contribution in [0, 0.1) is 5.92 Å². The van der Waals surface area contributed by atoms with E-state index >= 15 is 0 Å². The molecule has 0 radical (unpaired) electrons. The molecule has 1 aromatic rings. The monoisotopic (exact) mass is 327 g/mol. The van der Waals surface area contributed by atoms with E-state index in [0.29, 0.717) is 10.1 Å². The lowest BCUT2D eigenvalue weighted by molar-refractivity contribution is 0.317. The predicted molar refractivity (Wildman–Crippen MR) is 89.4 cm³/mol. The maximum atomic E-state index is 11.5. The van der Waals surface area contributed by atoms with Gasteiger partial charge in [0.05, 0.1) is 4.90 Å². The van der Waals surface area contributed by atoms with Crippen molar-refractivity contribution in [3.63, 3.8) is 0 Å². The van der Waals surface area contributed by atoms with Crippen LogP contribution in [-0.2, 0) is 9.84 Å². The van der Waals surface area contributed by atoms with Crippen LogP contribution in [0.1, 0.15) is 39.0 Å². The Balaban J connectivity index is 2.02. The molecular formula is C16H25NO2S2. The van der Waals surface area contributed by atoms with E-state index in [1.165, 1.54) is 31.9 Å². The van der Waals surface area contributed by atoms with Crippen LogP contribution < -0.4 is 5.73 Å². The standard InChI is InChI=1S/C16H25NO2S2/c1-3-4-12-5-10-15(17)16(11-12)20-13-6-8-14(9-7-13)21(2,18)19/h6-9,12,15-16H,3-5,10-11,17H2,1-2H3. The highest BCUT2D eigenvalue weighted by Crippen LogP contribution is 2.37. The van der Waals surface area contributed by atoms with Gasteiger partial charge >= 0.3 is 0 Å². The summed E-state index contributed by atoms with van der Waals surface area (Å²) in [6.07, 6.45) is 7.29. The molecule has 2 rings (SSSR count). The van der Waals surface area contributed by atoms with Gasteiger partial charge in [-0.3, -0.25) is 0 Å². The summed E-state index contributed by atoms with van der Waals surface area (Å²) in [5, 5.41) is 0.444. The quantitative estimate of drug-likeness (QED) is 0.899. The van der Waals surface area contributed by atoms with Gasteiger partial charge < -0.3 is 5.73 Å². The second kappa shape index (κ2) is 7.16. The third-order valence-corrected chi connectivity index (χ3v) is 6.71. The average Bonchev–Trinajstić information content (AvgIpc) is 2.42. The van der Waals surface area contributed by atoms with Gasteiger partial charge in [-0.25, -0.2) is 8.42 Å². The van der Waals surface area contributed by atoms with Crippen molar-refractivity contribution < 1.29 is 8.42 Å². The Morgan fingerprint density at radius 1 is 1.24 bits per heavy atom. The largest absolute Gasteiger partial charge is 0.327 e. The third-order valence-electron chi connectivity index (χ3n) is 4.19. The van der Waals surface area contributed by atoms with Crippen molar-refractivity contribution in [1.29, 1.82) is 0 Å². The van der Waals surface area contributed by atoms with Gasteiger partial charge in [-0.05, 0) is 49.4 Å². The maximum Gasteiger partial charge on any atom is 0.175 e. The molecule has 5 heteroatoms. The predicted octanol–water partition coefficient (Wildman–Crippen LogP) is 3.48. The van der Waals surface area contributed by atoms with E-state index in [-0.39, 0.29) is 6.04 Å². The van der Waals surface area contributed by atoms with E-state index in [9.17, 15) is 8.42 Å². The van der Waals surface area contributed by atoms with Crippen LogP contribution in [0.15, 0.2) is 34.1 Å². The molecule has 0 bridgehead atoms. The molecule has 2 N–H and O–H groups in total. The normalized spacial score (nSPS) is 26.7. The molecule has 21 heavy (non-hydrogen) atoms. The van der Waals surface area contributed by atoms with Gasteiger partial charge in [0.2, 0.25) is 0 Å². The van der Waals surface area contributed by atoms with Gasteiger partial charge in [0.1, 0.15) is 0 Å². The zero-order valence-electron chi connectivity index (χ0n) is 12.8. The number of nitrogens with two attached hydrogens (primary N) is 1. The third kappa shape index (κ3) is 4.73. The number of thioether (sulfide) groups is 1. The van der Waals surface area contributed by atoms with Crippen LogP contribution in [-0.4, -0.2) is 26.0 Å². The molecular weight excluding hydrogens is 302 g/mol. The molecule has 0 amide bonds. The summed E-state index contributed by atoms with van der Waals surface area (Å²) in [7, 11) is -3.11. The first-order valence-electron chi connectivity index (χ1n) is 7.62. The maximum absolute atomic E-state index is 11.5. The number of hydrogen-bond acceptors (Lipinski definition) is 4. The molecule has 1 saturated carbocycles. The minimum absolute atomic E-state index is 0.248. The number of rotatable bonds is 5. The topological polar surface area (TPSA) is 60.2 Å². The Morgan fingerprint density at radius 3 is 2.48 bits per heavy atom. The summed E-state index contributed by atoms with van der Waals surface area (Å²) in [6, 6.07) is 7.43. The van der Waals surface area contributed by atoms with E-state index in [0.717, 1.165) is 17.2 Å². The molecule has 0 spiro atoms. The molecule has 1 fully saturated rings. The summed E-state index contributed by atoms with van der Waals surface area (Å²) in [6.45, 7) is 2.24. The van der Waals surface area contributed by atoms with Crippen LogP contribution >= 0.6 is 11.8 Å². The SMILES string of the molecule is CCCC1CCC(N)C(Sc2ccc(S(C)(=O)=O)cc2)C1. The lowest BCUT2D eigenvalue weighted by Crippen LogP contribution is -2.38. The fraction of sp³-hybridized carbons (Fsp3) is 0.625. The highest BCUT2D eigenvalue weighted by molar-refractivity contribution is 8.00. The fourth-order valence-corrected chi connectivity index (χ4v) is 4.93. The molecule has 0 aromatic heterocycles. The zero-order valence-corrected chi connectivity index (χ0v) is 14.4. The van der Waals surface area contributed by atoms with Crippen molar-refractivity contribution in [2.24, 2.45) is 11.7 Å². The Labute approximate surface area is 132 Å².